The van der Waals surface area contributed by atoms with Crippen LogP contribution in [0.1, 0.15) is 25.3 Å². The molecule has 7 heteroatoms. The second-order valence-corrected chi connectivity index (χ2v) is 5.99. The Morgan fingerprint density at radius 3 is 3.00 bits per heavy atom. The summed E-state index contributed by atoms with van der Waals surface area (Å²) in [6, 6.07) is 6.05. The van der Waals surface area contributed by atoms with Crippen molar-refractivity contribution in [2.75, 3.05) is 13.1 Å². The van der Waals surface area contributed by atoms with Gasteiger partial charge in [0, 0.05) is 32.9 Å². The monoisotopic (exact) mass is 319 g/mol. The van der Waals surface area contributed by atoms with Crippen LogP contribution in [0.4, 0.5) is 4.39 Å². The smallest absolute Gasteiger partial charge is 0.269 e. The minimum Gasteiger partial charge on any atom is -0.386 e. The van der Waals surface area contributed by atoms with E-state index in [4.69, 9.17) is 4.84 Å². The standard InChI is InChI=1S/C16H18FN3O3/c1-11(21)20-6-5-16(10-20)8-14(19-23-16)15(22)18-9-12-3-2-4-13(17)7-12/h2-4,7H,5-6,8-10H2,1H3,(H,18,22)/t16-/m1/s1. The van der Waals surface area contributed by atoms with E-state index in [1.165, 1.54) is 19.1 Å². The number of amides is 2. The summed E-state index contributed by atoms with van der Waals surface area (Å²) < 4.78 is 13.1. The molecule has 0 aliphatic carbocycles. The summed E-state index contributed by atoms with van der Waals surface area (Å²) in [6.45, 7) is 2.80. The summed E-state index contributed by atoms with van der Waals surface area (Å²) in [5.41, 5.74) is 0.417. The third-order valence-electron chi connectivity index (χ3n) is 4.20. The number of nitrogens with one attached hydrogen (secondary N) is 1. The van der Waals surface area contributed by atoms with Gasteiger partial charge in [-0.15, -0.1) is 0 Å². The maximum Gasteiger partial charge on any atom is 0.269 e. The predicted octanol–water partition coefficient (Wildman–Crippen LogP) is 1.21. The van der Waals surface area contributed by atoms with Gasteiger partial charge in [-0.25, -0.2) is 4.39 Å². The van der Waals surface area contributed by atoms with Gasteiger partial charge in [-0.1, -0.05) is 17.3 Å². The fourth-order valence-electron chi connectivity index (χ4n) is 2.91. The Hall–Kier alpha value is -2.44. The van der Waals surface area contributed by atoms with Crippen molar-refractivity contribution in [2.45, 2.75) is 31.9 Å². The minimum atomic E-state index is -0.572. The first-order chi connectivity index (χ1) is 11.0. The van der Waals surface area contributed by atoms with Crippen LogP contribution in [0.5, 0.6) is 0 Å². The third-order valence-corrected chi connectivity index (χ3v) is 4.20. The van der Waals surface area contributed by atoms with Crippen LogP contribution in [0.25, 0.3) is 0 Å². The number of oxime groups is 1. The van der Waals surface area contributed by atoms with Crippen molar-refractivity contribution in [3.05, 3.63) is 35.6 Å². The zero-order valence-corrected chi connectivity index (χ0v) is 12.8. The number of hydrogen-bond acceptors (Lipinski definition) is 4. The van der Waals surface area contributed by atoms with E-state index in [1.54, 1.807) is 17.0 Å². The van der Waals surface area contributed by atoms with Gasteiger partial charge in [0.2, 0.25) is 5.91 Å². The van der Waals surface area contributed by atoms with E-state index in [0.717, 1.165) is 0 Å². The highest BCUT2D eigenvalue weighted by Gasteiger charge is 2.47. The van der Waals surface area contributed by atoms with Gasteiger partial charge in [0.1, 0.15) is 11.5 Å². The quantitative estimate of drug-likeness (QED) is 0.910. The van der Waals surface area contributed by atoms with Gasteiger partial charge < -0.3 is 15.1 Å². The van der Waals surface area contributed by atoms with Crippen molar-refractivity contribution in [3.8, 4) is 0 Å². The fraction of sp³-hybridized carbons (Fsp3) is 0.438. The van der Waals surface area contributed by atoms with Crippen LogP contribution in [-0.4, -0.2) is 41.1 Å². The van der Waals surface area contributed by atoms with Crippen LogP contribution in [0.2, 0.25) is 0 Å². The Kier molecular flexibility index (Phi) is 4.02. The van der Waals surface area contributed by atoms with Crippen molar-refractivity contribution in [1.82, 2.24) is 10.2 Å². The van der Waals surface area contributed by atoms with E-state index in [-0.39, 0.29) is 24.2 Å². The molecule has 1 fully saturated rings. The highest BCUT2D eigenvalue weighted by atomic mass is 19.1. The topological polar surface area (TPSA) is 71.0 Å². The molecule has 1 spiro atoms. The molecule has 122 valence electrons. The molecular weight excluding hydrogens is 301 g/mol. The van der Waals surface area contributed by atoms with Crippen molar-refractivity contribution in [2.24, 2.45) is 5.16 Å². The lowest BCUT2D eigenvalue weighted by atomic mass is 9.96. The Labute approximate surface area is 133 Å². The summed E-state index contributed by atoms with van der Waals surface area (Å²) in [5.74, 6) is -0.672. The molecule has 1 atom stereocenters. The van der Waals surface area contributed by atoms with Gasteiger partial charge in [-0.3, -0.25) is 9.59 Å². The van der Waals surface area contributed by atoms with Crippen molar-refractivity contribution >= 4 is 17.5 Å². The van der Waals surface area contributed by atoms with Crippen LogP contribution in [0.3, 0.4) is 0 Å². The molecule has 2 amide bonds. The van der Waals surface area contributed by atoms with Crippen LogP contribution >= 0.6 is 0 Å². The Bertz CT molecular complexity index is 676. The second kappa shape index (κ2) is 5.98. The molecule has 0 unspecified atom stereocenters. The molecule has 3 rings (SSSR count). The Morgan fingerprint density at radius 1 is 1.48 bits per heavy atom. The van der Waals surface area contributed by atoms with Crippen LogP contribution in [-0.2, 0) is 21.0 Å². The van der Waals surface area contributed by atoms with Gasteiger partial charge in [0.15, 0.2) is 5.60 Å². The highest BCUT2D eigenvalue weighted by molar-refractivity contribution is 6.39. The Balaban J connectivity index is 1.55. The number of carbonyl (C=O) groups excluding carboxylic acids is 2. The lowest BCUT2D eigenvalue weighted by molar-refractivity contribution is -0.129. The maximum atomic E-state index is 13.1. The molecule has 0 radical (unpaired) electrons. The molecule has 1 aromatic rings. The largest absolute Gasteiger partial charge is 0.386 e. The average Bonchev–Trinajstić information content (AvgIpc) is 3.13. The summed E-state index contributed by atoms with van der Waals surface area (Å²) >= 11 is 0. The molecule has 1 N–H and O–H groups in total. The van der Waals surface area contributed by atoms with E-state index in [9.17, 15) is 14.0 Å². The van der Waals surface area contributed by atoms with Crippen LogP contribution in [0, 0.1) is 5.82 Å². The Morgan fingerprint density at radius 2 is 2.30 bits per heavy atom. The maximum absolute atomic E-state index is 13.1. The molecule has 0 bridgehead atoms. The van der Waals surface area contributed by atoms with Gasteiger partial charge >= 0.3 is 0 Å². The molecule has 2 aliphatic heterocycles. The minimum absolute atomic E-state index is 0.00511. The van der Waals surface area contributed by atoms with Crippen molar-refractivity contribution < 1.29 is 18.8 Å². The number of nitrogens with zero attached hydrogens (tertiary/aromatic N) is 2. The lowest BCUT2D eigenvalue weighted by Gasteiger charge is -2.20. The van der Waals surface area contributed by atoms with Crippen LogP contribution in [0.15, 0.2) is 29.4 Å². The molecule has 2 aliphatic rings. The van der Waals surface area contributed by atoms with Crippen LogP contribution < -0.4 is 5.32 Å². The first-order valence-electron chi connectivity index (χ1n) is 7.51. The van der Waals surface area contributed by atoms with Gasteiger partial charge in [-0.2, -0.15) is 0 Å². The van der Waals surface area contributed by atoms with Crippen molar-refractivity contribution in [1.29, 1.82) is 0 Å². The predicted molar refractivity (Wildman–Crippen MR) is 81.0 cm³/mol. The fourth-order valence-corrected chi connectivity index (χ4v) is 2.91. The average molecular weight is 319 g/mol. The third kappa shape index (κ3) is 3.33. The summed E-state index contributed by atoms with van der Waals surface area (Å²) in [6.07, 6.45) is 1.04. The molecule has 2 heterocycles. The zero-order valence-electron chi connectivity index (χ0n) is 12.8. The summed E-state index contributed by atoms with van der Waals surface area (Å²) in [7, 11) is 0. The SMILES string of the molecule is CC(=O)N1CC[C@@]2(CC(C(=O)NCc3cccc(F)c3)=NO2)C1. The molecule has 23 heavy (non-hydrogen) atoms. The second-order valence-electron chi connectivity index (χ2n) is 5.99. The first-order valence-corrected chi connectivity index (χ1v) is 7.51. The van der Waals surface area contributed by atoms with Crippen molar-refractivity contribution in [3.63, 3.8) is 0 Å². The summed E-state index contributed by atoms with van der Waals surface area (Å²) in [5, 5.41) is 6.60. The highest BCUT2D eigenvalue weighted by Crippen LogP contribution is 2.33. The lowest BCUT2D eigenvalue weighted by Crippen LogP contribution is -2.37. The molecule has 0 aromatic heterocycles. The van der Waals surface area contributed by atoms with Gasteiger partial charge in [0.05, 0.1) is 6.54 Å². The van der Waals surface area contributed by atoms with E-state index >= 15 is 0 Å². The first kappa shape index (κ1) is 15.5. The van der Waals surface area contributed by atoms with Gasteiger partial charge in [-0.05, 0) is 17.7 Å². The number of carbonyl (C=O) groups is 2. The number of likely N-dealkylation sites (tertiary alicyclic amines) is 1. The molecule has 6 nitrogen and oxygen atoms in total. The molecule has 1 aromatic carbocycles. The van der Waals surface area contributed by atoms with E-state index in [1.807, 2.05) is 0 Å². The number of hydrogen-bond donors (Lipinski definition) is 1. The molecule has 1 saturated heterocycles. The van der Waals surface area contributed by atoms with E-state index in [0.29, 0.717) is 37.2 Å². The number of benzene rings is 1. The molecular formula is C16H18FN3O3. The normalized spacial score (nSPS) is 22.9. The van der Waals surface area contributed by atoms with Gasteiger partial charge in [0.25, 0.3) is 5.91 Å². The summed E-state index contributed by atoms with van der Waals surface area (Å²) in [4.78, 5) is 30.7. The zero-order chi connectivity index (χ0) is 16.4. The number of rotatable bonds is 3. The van der Waals surface area contributed by atoms with E-state index < -0.39 is 5.60 Å². The molecule has 0 saturated carbocycles. The van der Waals surface area contributed by atoms with E-state index in [2.05, 4.69) is 10.5 Å². The number of halogens is 1.